The molecule has 0 bridgehead atoms. The van der Waals surface area contributed by atoms with Crippen molar-refractivity contribution in [1.82, 2.24) is 14.8 Å². The van der Waals surface area contributed by atoms with Crippen LogP contribution in [-0.2, 0) is 10.2 Å². The maximum Gasteiger partial charge on any atom is 0.313 e. The first kappa shape index (κ1) is 13.0. The van der Waals surface area contributed by atoms with Gasteiger partial charge in [-0.2, -0.15) is 0 Å². The van der Waals surface area contributed by atoms with Crippen LogP contribution < -0.4 is 0 Å². The van der Waals surface area contributed by atoms with E-state index < -0.39 is 5.97 Å². The summed E-state index contributed by atoms with van der Waals surface area (Å²) in [7, 11) is 0. The Balaban J connectivity index is 1.89. The highest BCUT2D eigenvalue weighted by molar-refractivity contribution is 7.99. The van der Waals surface area contributed by atoms with Crippen molar-refractivity contribution in [2.45, 2.75) is 62.1 Å². The molecular formula is C13H19N3O2S. The molecule has 0 saturated heterocycles. The summed E-state index contributed by atoms with van der Waals surface area (Å²) in [5, 5.41) is 18.3. The highest BCUT2D eigenvalue weighted by atomic mass is 32.2. The molecule has 0 spiro atoms. The lowest BCUT2D eigenvalue weighted by atomic mass is 9.88. The van der Waals surface area contributed by atoms with Gasteiger partial charge >= 0.3 is 5.97 Å². The number of rotatable bonds is 5. The fraction of sp³-hybridized carbons (Fsp3) is 0.769. The van der Waals surface area contributed by atoms with Crippen LogP contribution in [0.15, 0.2) is 5.16 Å². The molecule has 1 aromatic heterocycles. The summed E-state index contributed by atoms with van der Waals surface area (Å²) in [4.78, 5) is 10.7. The first-order chi connectivity index (χ1) is 9.10. The van der Waals surface area contributed by atoms with Gasteiger partial charge in [-0.25, -0.2) is 0 Å². The van der Waals surface area contributed by atoms with Crippen molar-refractivity contribution in [2.75, 3.05) is 5.75 Å². The lowest BCUT2D eigenvalue weighted by Crippen LogP contribution is -2.23. The van der Waals surface area contributed by atoms with Crippen molar-refractivity contribution in [3.8, 4) is 0 Å². The predicted molar refractivity (Wildman–Crippen MR) is 72.5 cm³/mol. The Kier molecular flexibility index (Phi) is 3.28. The molecule has 104 valence electrons. The second-order valence-corrected chi connectivity index (χ2v) is 6.80. The zero-order valence-electron chi connectivity index (χ0n) is 11.1. The Morgan fingerprint density at radius 2 is 2.11 bits per heavy atom. The van der Waals surface area contributed by atoms with Gasteiger partial charge in [0.05, 0.1) is 5.75 Å². The van der Waals surface area contributed by atoms with Crippen molar-refractivity contribution in [3.05, 3.63) is 5.82 Å². The number of aromatic nitrogens is 3. The van der Waals surface area contributed by atoms with Gasteiger partial charge in [0, 0.05) is 11.5 Å². The first-order valence-corrected chi connectivity index (χ1v) is 7.89. The van der Waals surface area contributed by atoms with Crippen molar-refractivity contribution >= 4 is 17.7 Å². The van der Waals surface area contributed by atoms with E-state index in [0.29, 0.717) is 6.04 Å². The molecule has 2 saturated carbocycles. The molecule has 0 radical (unpaired) electrons. The minimum Gasteiger partial charge on any atom is -0.481 e. The monoisotopic (exact) mass is 281 g/mol. The minimum absolute atomic E-state index is 0.0571. The van der Waals surface area contributed by atoms with E-state index in [2.05, 4.69) is 21.7 Å². The lowest BCUT2D eigenvalue weighted by Gasteiger charge is -2.23. The van der Waals surface area contributed by atoms with E-state index in [9.17, 15) is 4.79 Å². The third kappa shape index (κ3) is 2.50. The average molecular weight is 281 g/mol. The fourth-order valence-electron chi connectivity index (χ4n) is 2.95. The predicted octanol–water partition coefficient (Wildman–Crippen LogP) is 2.62. The average Bonchev–Trinajstić information content (AvgIpc) is 2.95. The van der Waals surface area contributed by atoms with Crippen molar-refractivity contribution < 1.29 is 9.90 Å². The molecule has 1 N–H and O–H groups in total. The van der Waals surface area contributed by atoms with E-state index in [1.807, 2.05) is 0 Å². The van der Waals surface area contributed by atoms with E-state index in [1.54, 1.807) is 0 Å². The summed E-state index contributed by atoms with van der Waals surface area (Å²) in [6.45, 7) is 2.27. The zero-order valence-corrected chi connectivity index (χ0v) is 11.9. The van der Waals surface area contributed by atoms with Crippen LogP contribution in [0.25, 0.3) is 0 Å². The molecule has 0 aliphatic heterocycles. The summed E-state index contributed by atoms with van der Waals surface area (Å²) >= 11 is 1.29. The van der Waals surface area contributed by atoms with Crippen LogP contribution in [0.2, 0.25) is 0 Å². The van der Waals surface area contributed by atoms with Crippen LogP contribution in [0.3, 0.4) is 0 Å². The number of carboxylic acid groups (broad SMARTS) is 1. The van der Waals surface area contributed by atoms with Gasteiger partial charge in [-0.3, -0.25) is 4.79 Å². The molecule has 19 heavy (non-hydrogen) atoms. The fourth-order valence-corrected chi connectivity index (χ4v) is 3.68. The molecule has 0 amide bonds. The highest BCUT2D eigenvalue weighted by Crippen LogP contribution is 2.45. The van der Waals surface area contributed by atoms with Gasteiger partial charge in [-0.15, -0.1) is 10.2 Å². The molecule has 0 aromatic carbocycles. The van der Waals surface area contributed by atoms with Crippen LogP contribution in [-0.4, -0.2) is 31.6 Å². The Labute approximate surface area is 116 Å². The van der Waals surface area contributed by atoms with E-state index in [4.69, 9.17) is 5.11 Å². The number of hydrogen-bond acceptors (Lipinski definition) is 4. The molecule has 0 atom stereocenters. The molecule has 1 heterocycles. The highest BCUT2D eigenvalue weighted by Gasteiger charge is 2.40. The summed E-state index contributed by atoms with van der Waals surface area (Å²) in [5.74, 6) is 0.339. The summed E-state index contributed by atoms with van der Waals surface area (Å²) in [6.07, 6.45) is 7.18. The summed E-state index contributed by atoms with van der Waals surface area (Å²) in [6, 6.07) is 0.499. The zero-order chi connectivity index (χ0) is 13.5. The van der Waals surface area contributed by atoms with Gasteiger partial charge < -0.3 is 9.67 Å². The Morgan fingerprint density at radius 3 is 2.68 bits per heavy atom. The Morgan fingerprint density at radius 1 is 1.42 bits per heavy atom. The molecule has 0 unspecified atom stereocenters. The summed E-state index contributed by atoms with van der Waals surface area (Å²) in [5.41, 5.74) is 0.137. The quantitative estimate of drug-likeness (QED) is 0.840. The lowest BCUT2D eigenvalue weighted by molar-refractivity contribution is -0.133. The number of carbonyl (C=O) groups is 1. The van der Waals surface area contributed by atoms with Crippen LogP contribution in [0.5, 0.6) is 0 Å². The normalized spacial score (nSPS) is 21.7. The number of carboxylic acids is 1. The summed E-state index contributed by atoms with van der Waals surface area (Å²) < 4.78 is 2.22. The van der Waals surface area contributed by atoms with Crippen LogP contribution >= 0.6 is 11.8 Å². The topological polar surface area (TPSA) is 68.0 Å². The molecular weight excluding hydrogens is 262 g/mol. The second kappa shape index (κ2) is 4.81. The van der Waals surface area contributed by atoms with Crippen LogP contribution in [0.4, 0.5) is 0 Å². The first-order valence-electron chi connectivity index (χ1n) is 6.90. The van der Waals surface area contributed by atoms with Gasteiger partial charge in [0.15, 0.2) is 5.16 Å². The molecule has 2 aliphatic carbocycles. The standard InChI is InChI=1S/C13H19N3O2S/c1-13(6-2-3-7-13)11-14-15-12(19-8-10(17)18)16(11)9-4-5-9/h9H,2-8H2,1H3,(H,17,18). The largest absolute Gasteiger partial charge is 0.481 e. The Hall–Kier alpha value is -1.04. The van der Waals surface area contributed by atoms with E-state index >= 15 is 0 Å². The number of thioether (sulfide) groups is 1. The molecule has 3 rings (SSSR count). The SMILES string of the molecule is CC1(c2nnc(SCC(=O)O)n2C2CC2)CCCC1. The van der Waals surface area contributed by atoms with Crippen molar-refractivity contribution in [3.63, 3.8) is 0 Å². The van der Waals surface area contributed by atoms with Gasteiger partial charge in [-0.1, -0.05) is 31.5 Å². The number of aliphatic carboxylic acids is 1. The van der Waals surface area contributed by atoms with Gasteiger partial charge in [0.1, 0.15) is 5.82 Å². The van der Waals surface area contributed by atoms with E-state index in [0.717, 1.165) is 11.0 Å². The van der Waals surface area contributed by atoms with Crippen LogP contribution in [0.1, 0.15) is 57.3 Å². The van der Waals surface area contributed by atoms with Gasteiger partial charge in [0.25, 0.3) is 0 Å². The maximum atomic E-state index is 10.7. The van der Waals surface area contributed by atoms with Crippen LogP contribution in [0, 0.1) is 0 Å². The molecule has 5 nitrogen and oxygen atoms in total. The number of nitrogens with zero attached hydrogens (tertiary/aromatic N) is 3. The third-order valence-electron chi connectivity index (χ3n) is 4.15. The minimum atomic E-state index is -0.802. The molecule has 6 heteroatoms. The molecule has 2 fully saturated rings. The second-order valence-electron chi connectivity index (χ2n) is 5.86. The van der Waals surface area contributed by atoms with E-state index in [-0.39, 0.29) is 11.2 Å². The Bertz CT molecular complexity index is 490. The van der Waals surface area contributed by atoms with Gasteiger partial charge in [-0.05, 0) is 25.7 Å². The van der Waals surface area contributed by atoms with E-state index in [1.165, 1.54) is 50.3 Å². The molecule has 2 aliphatic rings. The van der Waals surface area contributed by atoms with Crippen molar-refractivity contribution in [1.29, 1.82) is 0 Å². The van der Waals surface area contributed by atoms with Gasteiger partial charge in [0.2, 0.25) is 0 Å². The number of hydrogen-bond donors (Lipinski definition) is 1. The smallest absolute Gasteiger partial charge is 0.313 e. The third-order valence-corrected chi connectivity index (χ3v) is 5.08. The van der Waals surface area contributed by atoms with Crippen molar-refractivity contribution in [2.24, 2.45) is 0 Å². The molecule has 1 aromatic rings. The maximum absolute atomic E-state index is 10.7.